The van der Waals surface area contributed by atoms with E-state index in [2.05, 4.69) is 4.99 Å². The Hall–Kier alpha value is 0.196. The van der Waals surface area contributed by atoms with E-state index in [1.165, 1.54) is 19.1 Å². The third-order valence-electron chi connectivity index (χ3n) is 1.85. The molecular formula is C10H9ClKNO5S. The topological polar surface area (TPSA) is 107 Å². The molecule has 0 saturated carbocycles. The Morgan fingerprint density at radius 3 is 2.53 bits per heavy atom. The molecule has 0 atom stereocenters. The summed E-state index contributed by atoms with van der Waals surface area (Å²) in [4.78, 5) is 13.7. The Morgan fingerprint density at radius 2 is 2.05 bits per heavy atom. The van der Waals surface area contributed by atoms with Crippen LogP contribution >= 0.6 is 11.6 Å². The molecule has 9 heteroatoms. The van der Waals surface area contributed by atoms with Gasteiger partial charge in [-0.15, -0.1) is 0 Å². The van der Waals surface area contributed by atoms with E-state index < -0.39 is 20.9 Å². The Morgan fingerprint density at radius 1 is 1.47 bits per heavy atom. The van der Waals surface area contributed by atoms with Gasteiger partial charge in [0.25, 0.3) is 10.1 Å². The fourth-order valence-corrected chi connectivity index (χ4v) is 2.15. The summed E-state index contributed by atoms with van der Waals surface area (Å²) in [6.45, 7) is 1.24. The summed E-state index contributed by atoms with van der Waals surface area (Å²) in [5.41, 5.74) is -0.00160. The monoisotopic (exact) mass is 329 g/mol. The molecule has 0 bridgehead atoms. The third-order valence-corrected chi connectivity index (χ3v) is 3.18. The first-order valence-corrected chi connectivity index (χ1v) is 6.53. The number of carbonyl (C=O) groups is 1. The van der Waals surface area contributed by atoms with Gasteiger partial charge in [-0.3, -0.25) is 14.3 Å². The average Bonchev–Trinajstić information content (AvgIpc) is 2.17. The van der Waals surface area contributed by atoms with Gasteiger partial charge < -0.3 is 5.11 Å². The predicted octanol–water partition coefficient (Wildman–Crippen LogP) is -2.04. The second-order valence-corrected chi connectivity index (χ2v) is 5.27. The first-order chi connectivity index (χ1) is 8.20. The molecule has 0 spiro atoms. The van der Waals surface area contributed by atoms with Crippen molar-refractivity contribution >= 4 is 39.1 Å². The predicted molar refractivity (Wildman–Crippen MR) is 63.7 cm³/mol. The maximum absolute atomic E-state index is 11.2. The Kier molecular flexibility index (Phi) is 7.92. The molecule has 0 aliphatic carbocycles. The van der Waals surface area contributed by atoms with E-state index in [4.69, 9.17) is 16.2 Å². The number of hydrogen-bond donors (Lipinski definition) is 1. The van der Waals surface area contributed by atoms with Gasteiger partial charge in [0.15, 0.2) is 0 Å². The zero-order valence-corrected chi connectivity index (χ0v) is 14.9. The van der Waals surface area contributed by atoms with Gasteiger partial charge in [-0.2, -0.15) is 8.42 Å². The number of rotatable bonds is 4. The summed E-state index contributed by atoms with van der Waals surface area (Å²) in [6.07, 6.45) is -0.371. The standard InChI is InChI=1S/C10H10ClNO5S.K/c1-6(13)4-10(14)12-7-2-3-8(11)9(5-7)18(15,16)17;/h2-3,5H,4H2,1H3,(H,12,14)(H,15,16,17);/q;+1/p-1. The van der Waals surface area contributed by atoms with Crippen LogP contribution in [0.4, 0.5) is 5.69 Å². The van der Waals surface area contributed by atoms with Crippen LogP contribution in [0.15, 0.2) is 28.1 Å². The molecular weight excluding hydrogens is 321 g/mol. The number of hydrogen-bond acceptors (Lipinski definition) is 5. The van der Waals surface area contributed by atoms with Crippen LogP contribution in [0.3, 0.4) is 0 Å². The average molecular weight is 330 g/mol. The van der Waals surface area contributed by atoms with Gasteiger partial charge in [-0.05, 0) is 31.0 Å². The molecule has 0 aromatic heterocycles. The largest absolute Gasteiger partial charge is 1.00 e. The van der Waals surface area contributed by atoms with Crippen molar-refractivity contribution in [3.63, 3.8) is 0 Å². The summed E-state index contributed by atoms with van der Waals surface area (Å²) in [5.74, 6) is -1.06. The number of nitrogens with zero attached hydrogens (tertiary/aromatic N) is 1. The molecule has 0 saturated heterocycles. The van der Waals surface area contributed by atoms with Gasteiger partial charge in [0, 0.05) is 6.42 Å². The zero-order chi connectivity index (χ0) is 13.9. The van der Waals surface area contributed by atoms with Crippen LogP contribution in [0.2, 0.25) is 5.02 Å². The molecule has 98 valence electrons. The number of halogens is 1. The van der Waals surface area contributed by atoms with Gasteiger partial charge in [-0.1, -0.05) is 11.6 Å². The second-order valence-electron chi connectivity index (χ2n) is 3.47. The summed E-state index contributed by atoms with van der Waals surface area (Å²) in [5, 5.41) is 11.1. The smallest absolute Gasteiger partial charge is 0.861 e. The van der Waals surface area contributed by atoms with E-state index in [1.54, 1.807) is 0 Å². The van der Waals surface area contributed by atoms with Crippen LogP contribution in [0.25, 0.3) is 0 Å². The Bertz CT molecular complexity index is 614. The summed E-state index contributed by atoms with van der Waals surface area (Å²) >= 11 is 5.58. The van der Waals surface area contributed by atoms with E-state index in [-0.39, 0.29) is 74.3 Å². The molecule has 0 unspecified atom stereocenters. The van der Waals surface area contributed by atoms with E-state index in [1.807, 2.05) is 0 Å². The van der Waals surface area contributed by atoms with Crippen LogP contribution < -0.4 is 56.5 Å². The maximum Gasteiger partial charge on any atom is 1.00 e. The van der Waals surface area contributed by atoms with Crippen molar-refractivity contribution in [2.24, 2.45) is 4.99 Å². The van der Waals surface area contributed by atoms with Crippen LogP contribution in [0.1, 0.15) is 13.3 Å². The molecule has 0 amide bonds. The maximum atomic E-state index is 11.2. The van der Waals surface area contributed by atoms with E-state index in [0.29, 0.717) is 0 Å². The van der Waals surface area contributed by atoms with Crippen molar-refractivity contribution in [1.29, 1.82) is 0 Å². The van der Waals surface area contributed by atoms with Gasteiger partial charge >= 0.3 is 51.4 Å². The number of ketones is 1. The minimum Gasteiger partial charge on any atom is -0.861 e. The number of Topliss-reactive ketones (excluding diaryl/α,β-unsaturated/α-hetero) is 1. The first kappa shape index (κ1) is 19.2. The van der Waals surface area contributed by atoms with Crippen molar-refractivity contribution in [2.45, 2.75) is 18.2 Å². The fraction of sp³-hybridized carbons (Fsp3) is 0.200. The number of carbonyl (C=O) groups excluding carboxylic acids is 1. The first-order valence-electron chi connectivity index (χ1n) is 4.71. The number of benzene rings is 1. The third kappa shape index (κ3) is 6.45. The molecule has 1 rings (SSSR count). The fourth-order valence-electron chi connectivity index (χ4n) is 1.16. The van der Waals surface area contributed by atoms with Gasteiger partial charge in [0.2, 0.25) is 0 Å². The van der Waals surface area contributed by atoms with Gasteiger partial charge in [-0.25, -0.2) is 0 Å². The second kappa shape index (κ2) is 7.84. The van der Waals surface area contributed by atoms with Crippen LogP contribution in [-0.2, 0) is 14.9 Å². The molecule has 0 aliphatic heterocycles. The Labute approximate surface area is 158 Å². The molecule has 0 heterocycles. The Balaban J connectivity index is 0.00000324. The molecule has 1 aromatic carbocycles. The van der Waals surface area contributed by atoms with E-state index >= 15 is 0 Å². The molecule has 1 aromatic rings. The van der Waals surface area contributed by atoms with Crippen molar-refractivity contribution in [3.8, 4) is 0 Å². The van der Waals surface area contributed by atoms with Crippen LogP contribution in [0, 0.1) is 0 Å². The van der Waals surface area contributed by atoms with E-state index in [9.17, 15) is 18.3 Å². The number of aliphatic imine (C=N–C) groups is 1. The van der Waals surface area contributed by atoms with Gasteiger partial charge in [0.1, 0.15) is 10.7 Å². The quantitative estimate of drug-likeness (QED) is 0.296. The summed E-state index contributed by atoms with van der Waals surface area (Å²) in [6, 6.07) is 3.44. The van der Waals surface area contributed by atoms with Crippen molar-refractivity contribution < 1.29 is 74.3 Å². The molecule has 0 radical (unpaired) electrons. The van der Waals surface area contributed by atoms with Crippen LogP contribution in [-0.4, -0.2) is 24.7 Å². The minimum absolute atomic E-state index is 0. The molecule has 6 nitrogen and oxygen atoms in total. The SMILES string of the molecule is CC(=O)CC([O-])=Nc1ccc(Cl)c(S(=O)(=O)O)c1.[K+]. The zero-order valence-electron chi connectivity index (χ0n) is 10.3. The summed E-state index contributed by atoms with van der Waals surface area (Å²) < 4.78 is 30.8. The summed E-state index contributed by atoms with van der Waals surface area (Å²) in [7, 11) is -4.49. The van der Waals surface area contributed by atoms with Crippen molar-refractivity contribution in [3.05, 3.63) is 23.2 Å². The molecule has 19 heavy (non-hydrogen) atoms. The molecule has 0 aliphatic rings. The van der Waals surface area contributed by atoms with Crippen molar-refractivity contribution in [1.82, 2.24) is 0 Å². The minimum atomic E-state index is -4.49. The van der Waals surface area contributed by atoms with Gasteiger partial charge in [0.05, 0.1) is 10.7 Å². The molecule has 0 fully saturated rings. The normalized spacial score (nSPS) is 11.8. The molecule has 1 N–H and O–H groups in total. The van der Waals surface area contributed by atoms with Crippen molar-refractivity contribution in [2.75, 3.05) is 0 Å². The van der Waals surface area contributed by atoms with E-state index in [0.717, 1.165) is 6.07 Å². The van der Waals surface area contributed by atoms with Crippen LogP contribution in [0.5, 0.6) is 0 Å².